The molecule has 0 aliphatic heterocycles. The van der Waals surface area contributed by atoms with Gasteiger partial charge in [-0.05, 0) is 78.2 Å². The zero-order valence-electron chi connectivity index (χ0n) is 24.6. The molecule has 1 heteroatoms. The van der Waals surface area contributed by atoms with Gasteiger partial charge in [0.25, 0.3) is 0 Å². The smallest absolute Gasteiger partial charge is 0.0440 e. The van der Waals surface area contributed by atoms with Crippen molar-refractivity contribution in [1.82, 2.24) is 0 Å². The maximum Gasteiger partial charge on any atom is 0.0440 e. The lowest BCUT2D eigenvalue weighted by Gasteiger charge is -2.18. The summed E-state index contributed by atoms with van der Waals surface area (Å²) in [5.74, 6) is 0. The molecule has 0 nitrogen and oxygen atoms in total. The van der Waals surface area contributed by atoms with Crippen molar-refractivity contribution in [1.29, 1.82) is 0 Å². The minimum atomic E-state index is 1.25. The summed E-state index contributed by atoms with van der Waals surface area (Å²) in [7, 11) is 0. The quantitative estimate of drug-likeness (QED) is 0.179. The summed E-state index contributed by atoms with van der Waals surface area (Å²) in [6.07, 6.45) is 0. The lowest BCUT2D eigenvalue weighted by molar-refractivity contribution is 1.64. The first kappa shape index (κ1) is 25.9. The van der Waals surface area contributed by atoms with Gasteiger partial charge < -0.3 is 0 Å². The standard InChI is InChI=1S/C44H28S/c1-4-14-29(15-5-1)33-25-26-34(30-16-6-2-7-17-30)44-43(33)39-28-32(24-27-40(39)45-44)42-37-22-12-10-20-35(37)41(31-18-8-3-9-19-31)36-21-11-13-23-38(36)42/h1-28H. The van der Waals surface area contributed by atoms with Crippen molar-refractivity contribution < 1.29 is 0 Å². The third-order valence-electron chi connectivity index (χ3n) is 9.07. The maximum atomic E-state index is 2.45. The van der Waals surface area contributed by atoms with Crippen molar-refractivity contribution in [2.24, 2.45) is 0 Å². The van der Waals surface area contributed by atoms with Crippen molar-refractivity contribution in [3.05, 3.63) is 170 Å². The lowest BCUT2D eigenvalue weighted by Crippen LogP contribution is -1.90. The van der Waals surface area contributed by atoms with Gasteiger partial charge in [0.2, 0.25) is 0 Å². The van der Waals surface area contributed by atoms with Gasteiger partial charge in [-0.1, -0.05) is 158 Å². The van der Waals surface area contributed by atoms with Crippen LogP contribution in [0.4, 0.5) is 0 Å². The van der Waals surface area contributed by atoms with E-state index in [1.165, 1.54) is 86.2 Å². The molecule has 1 aromatic heterocycles. The number of hydrogen-bond acceptors (Lipinski definition) is 1. The Balaban J connectivity index is 1.38. The first-order chi connectivity index (χ1) is 22.3. The van der Waals surface area contributed by atoms with Crippen LogP contribution < -0.4 is 0 Å². The predicted octanol–water partition coefficient (Wildman–Crippen LogP) is 13.0. The van der Waals surface area contributed by atoms with Crippen LogP contribution in [0.2, 0.25) is 0 Å². The average molecular weight is 589 g/mol. The number of thiophene rings is 1. The van der Waals surface area contributed by atoms with E-state index in [2.05, 4.69) is 170 Å². The summed E-state index contributed by atoms with van der Waals surface area (Å²) >= 11 is 1.90. The number of benzene rings is 8. The zero-order valence-corrected chi connectivity index (χ0v) is 25.4. The fourth-order valence-corrected chi connectivity index (χ4v) is 8.34. The molecule has 0 N–H and O–H groups in total. The Labute approximate surface area is 266 Å². The van der Waals surface area contributed by atoms with Gasteiger partial charge in [0.05, 0.1) is 0 Å². The molecule has 0 amide bonds. The largest absolute Gasteiger partial charge is 0.135 e. The highest BCUT2D eigenvalue weighted by molar-refractivity contribution is 7.26. The Kier molecular flexibility index (Phi) is 6.11. The van der Waals surface area contributed by atoms with Crippen LogP contribution in [-0.2, 0) is 0 Å². The van der Waals surface area contributed by atoms with E-state index in [-0.39, 0.29) is 0 Å². The van der Waals surface area contributed by atoms with Gasteiger partial charge in [-0.2, -0.15) is 0 Å². The lowest BCUT2D eigenvalue weighted by atomic mass is 9.85. The Hall–Kier alpha value is -5.50. The Morgan fingerprint density at radius 2 is 0.756 bits per heavy atom. The Morgan fingerprint density at radius 3 is 1.31 bits per heavy atom. The molecule has 0 fully saturated rings. The molecule has 0 aliphatic carbocycles. The molecule has 0 aliphatic rings. The fraction of sp³-hybridized carbons (Fsp3) is 0. The molecule has 9 rings (SSSR count). The van der Waals surface area contributed by atoms with E-state index in [4.69, 9.17) is 0 Å². The predicted molar refractivity (Wildman–Crippen MR) is 196 cm³/mol. The molecule has 0 atom stereocenters. The fourth-order valence-electron chi connectivity index (χ4n) is 7.09. The van der Waals surface area contributed by atoms with E-state index in [0.717, 1.165) is 0 Å². The summed E-state index contributed by atoms with van der Waals surface area (Å²) in [6.45, 7) is 0. The van der Waals surface area contributed by atoms with E-state index in [9.17, 15) is 0 Å². The van der Waals surface area contributed by atoms with Crippen molar-refractivity contribution >= 4 is 53.1 Å². The Morgan fingerprint density at radius 1 is 0.311 bits per heavy atom. The van der Waals surface area contributed by atoms with E-state index in [1.807, 2.05) is 11.3 Å². The normalized spacial score (nSPS) is 11.6. The highest BCUT2D eigenvalue weighted by Gasteiger charge is 2.19. The van der Waals surface area contributed by atoms with Crippen LogP contribution in [-0.4, -0.2) is 0 Å². The van der Waals surface area contributed by atoms with Gasteiger partial charge >= 0.3 is 0 Å². The molecule has 0 bridgehead atoms. The molecule has 45 heavy (non-hydrogen) atoms. The molecule has 0 spiro atoms. The second-order valence-corrected chi connectivity index (χ2v) is 12.7. The molecule has 0 saturated heterocycles. The van der Waals surface area contributed by atoms with Crippen LogP contribution in [0.25, 0.3) is 86.2 Å². The van der Waals surface area contributed by atoms with E-state index in [1.54, 1.807) is 0 Å². The average Bonchev–Trinajstić information content (AvgIpc) is 3.50. The summed E-state index contributed by atoms with van der Waals surface area (Å²) in [5.41, 5.74) is 10.2. The van der Waals surface area contributed by atoms with Crippen LogP contribution in [0.15, 0.2) is 170 Å². The third-order valence-corrected chi connectivity index (χ3v) is 10.3. The molecule has 0 unspecified atom stereocenters. The first-order valence-electron chi connectivity index (χ1n) is 15.4. The third kappa shape index (κ3) is 4.20. The van der Waals surface area contributed by atoms with Crippen LogP contribution in [0.3, 0.4) is 0 Å². The monoisotopic (exact) mass is 588 g/mol. The summed E-state index contributed by atoms with van der Waals surface area (Å²) < 4.78 is 2.65. The number of hydrogen-bond donors (Lipinski definition) is 0. The van der Waals surface area contributed by atoms with E-state index >= 15 is 0 Å². The summed E-state index contributed by atoms with van der Waals surface area (Å²) in [4.78, 5) is 0. The van der Waals surface area contributed by atoms with Crippen LogP contribution in [0.1, 0.15) is 0 Å². The topological polar surface area (TPSA) is 0 Å². The molecule has 210 valence electrons. The Bertz CT molecular complexity index is 2450. The highest BCUT2D eigenvalue weighted by Crippen LogP contribution is 2.48. The molecule has 1 heterocycles. The van der Waals surface area contributed by atoms with Crippen molar-refractivity contribution in [2.45, 2.75) is 0 Å². The molecule has 8 aromatic carbocycles. The highest BCUT2D eigenvalue weighted by atomic mass is 32.1. The molecular weight excluding hydrogens is 561 g/mol. The van der Waals surface area contributed by atoms with Gasteiger partial charge in [-0.15, -0.1) is 11.3 Å². The van der Waals surface area contributed by atoms with Gasteiger partial charge in [0, 0.05) is 20.2 Å². The minimum Gasteiger partial charge on any atom is -0.135 e. The van der Waals surface area contributed by atoms with Gasteiger partial charge in [-0.25, -0.2) is 0 Å². The number of rotatable bonds is 4. The van der Waals surface area contributed by atoms with Gasteiger partial charge in [-0.3, -0.25) is 0 Å². The van der Waals surface area contributed by atoms with Crippen molar-refractivity contribution in [2.75, 3.05) is 0 Å². The SMILES string of the molecule is c1ccc(-c2c3ccccc3c(-c3ccc4sc5c(-c6ccccc6)ccc(-c6ccccc6)c5c4c3)c3ccccc23)cc1. The van der Waals surface area contributed by atoms with E-state index in [0.29, 0.717) is 0 Å². The summed E-state index contributed by atoms with van der Waals surface area (Å²) in [6, 6.07) is 62.0. The molecular formula is C44H28S. The van der Waals surface area contributed by atoms with Crippen LogP contribution >= 0.6 is 11.3 Å². The second kappa shape index (κ2) is 10.6. The van der Waals surface area contributed by atoms with Gasteiger partial charge in [0.15, 0.2) is 0 Å². The van der Waals surface area contributed by atoms with E-state index < -0.39 is 0 Å². The maximum absolute atomic E-state index is 2.45. The van der Waals surface area contributed by atoms with Crippen LogP contribution in [0, 0.1) is 0 Å². The second-order valence-electron chi connectivity index (χ2n) is 11.6. The van der Waals surface area contributed by atoms with Gasteiger partial charge in [0.1, 0.15) is 0 Å². The molecule has 9 aromatic rings. The first-order valence-corrected chi connectivity index (χ1v) is 16.3. The zero-order chi connectivity index (χ0) is 29.7. The van der Waals surface area contributed by atoms with Crippen LogP contribution in [0.5, 0.6) is 0 Å². The van der Waals surface area contributed by atoms with Crippen molar-refractivity contribution in [3.8, 4) is 44.5 Å². The summed E-state index contributed by atoms with van der Waals surface area (Å²) in [5, 5.41) is 7.76. The molecule has 0 saturated carbocycles. The molecule has 0 radical (unpaired) electrons. The number of fused-ring (bicyclic) bond motifs is 5. The minimum absolute atomic E-state index is 1.25. The van der Waals surface area contributed by atoms with Crippen molar-refractivity contribution in [3.63, 3.8) is 0 Å².